The zero-order valence-corrected chi connectivity index (χ0v) is 15.4. The topological polar surface area (TPSA) is 90.8 Å². The minimum Gasteiger partial charge on any atom is -0.321 e. The maximum atomic E-state index is 12.8. The van der Waals surface area contributed by atoms with E-state index in [4.69, 9.17) is 23.2 Å². The van der Waals surface area contributed by atoms with Gasteiger partial charge in [-0.2, -0.15) is 5.26 Å². The summed E-state index contributed by atoms with van der Waals surface area (Å²) in [6.45, 7) is 0. The first-order valence-corrected chi connectivity index (χ1v) is 9.51. The van der Waals surface area contributed by atoms with Gasteiger partial charge in [0.1, 0.15) is 11.0 Å². The van der Waals surface area contributed by atoms with Crippen LogP contribution in [0.1, 0.15) is 5.56 Å². The molecule has 0 fully saturated rings. The number of nitriles is 1. The number of allylic oxidation sites excluding steroid dienone is 1. The molecule has 0 amide bonds. The van der Waals surface area contributed by atoms with Crippen LogP contribution in [0, 0.1) is 11.3 Å². The lowest BCUT2D eigenvalue weighted by Crippen LogP contribution is -2.11. The van der Waals surface area contributed by atoms with E-state index in [2.05, 4.69) is 4.98 Å². The molecule has 0 saturated carbocycles. The minimum absolute atomic E-state index is 0.0435. The van der Waals surface area contributed by atoms with Crippen molar-refractivity contribution in [3.63, 3.8) is 0 Å². The van der Waals surface area contributed by atoms with Gasteiger partial charge in [0, 0.05) is 16.1 Å². The van der Waals surface area contributed by atoms with Crippen LogP contribution in [0.3, 0.4) is 0 Å². The molecule has 3 aromatic rings. The SMILES string of the molecule is N#CC(=Cc1cc2ccccc2[nH]c1=O)S(=O)(=O)c1cc(Cl)ccc1Cl. The lowest BCUT2D eigenvalue weighted by molar-refractivity contribution is 0.603. The molecule has 130 valence electrons. The monoisotopic (exact) mass is 404 g/mol. The van der Waals surface area contributed by atoms with Crippen LogP contribution in [0.25, 0.3) is 17.0 Å². The number of hydrogen-bond donors (Lipinski definition) is 1. The van der Waals surface area contributed by atoms with E-state index in [9.17, 15) is 18.5 Å². The zero-order chi connectivity index (χ0) is 18.9. The summed E-state index contributed by atoms with van der Waals surface area (Å²) in [6, 6.07) is 14.1. The number of nitrogens with one attached hydrogen (secondary N) is 1. The molecule has 0 bridgehead atoms. The second-order valence-corrected chi connectivity index (χ2v) is 8.07. The van der Waals surface area contributed by atoms with E-state index in [0.717, 1.165) is 12.1 Å². The molecule has 0 atom stereocenters. The van der Waals surface area contributed by atoms with Gasteiger partial charge in [-0.3, -0.25) is 4.79 Å². The van der Waals surface area contributed by atoms with Crippen molar-refractivity contribution in [2.75, 3.05) is 0 Å². The van der Waals surface area contributed by atoms with Gasteiger partial charge in [-0.05, 0) is 41.8 Å². The summed E-state index contributed by atoms with van der Waals surface area (Å²) < 4.78 is 25.5. The third-order valence-corrected chi connectivity index (χ3v) is 6.03. The van der Waals surface area contributed by atoms with Crippen LogP contribution in [-0.2, 0) is 9.84 Å². The maximum absolute atomic E-state index is 12.8. The molecule has 5 nitrogen and oxygen atoms in total. The number of H-pyrrole nitrogens is 1. The van der Waals surface area contributed by atoms with Crippen molar-refractivity contribution >= 4 is 50.0 Å². The Kier molecular flexibility index (Phi) is 4.88. The number of hydrogen-bond acceptors (Lipinski definition) is 4. The molecular formula is C18H10Cl2N2O3S. The van der Waals surface area contributed by atoms with Gasteiger partial charge in [-0.25, -0.2) is 8.42 Å². The Labute approximate surface area is 159 Å². The molecule has 26 heavy (non-hydrogen) atoms. The molecule has 0 aliphatic heterocycles. The van der Waals surface area contributed by atoms with E-state index in [-0.39, 0.29) is 20.5 Å². The second kappa shape index (κ2) is 6.96. The standard InChI is InChI=1S/C18H10Cl2N2O3S/c19-13-5-6-15(20)17(9-13)26(24,25)14(10-21)8-12-7-11-3-1-2-4-16(11)22-18(12)23/h1-9H,(H,22,23). The Hall–Kier alpha value is -2.59. The van der Waals surface area contributed by atoms with Crippen molar-refractivity contribution in [1.29, 1.82) is 5.26 Å². The van der Waals surface area contributed by atoms with Crippen molar-refractivity contribution < 1.29 is 8.42 Å². The summed E-state index contributed by atoms with van der Waals surface area (Å²) in [5, 5.41) is 10.2. The van der Waals surface area contributed by atoms with E-state index < -0.39 is 20.3 Å². The van der Waals surface area contributed by atoms with Gasteiger partial charge in [0.25, 0.3) is 5.56 Å². The van der Waals surface area contributed by atoms with Crippen LogP contribution in [0.2, 0.25) is 10.0 Å². The molecule has 1 aromatic heterocycles. The second-order valence-electron chi connectivity index (χ2n) is 5.34. The maximum Gasteiger partial charge on any atom is 0.255 e. The molecule has 0 saturated heterocycles. The lowest BCUT2D eigenvalue weighted by Gasteiger charge is -2.06. The first-order valence-electron chi connectivity index (χ1n) is 7.27. The molecule has 1 N–H and O–H groups in total. The van der Waals surface area contributed by atoms with Gasteiger partial charge in [0.05, 0.1) is 9.92 Å². The number of nitrogens with zero attached hydrogens (tertiary/aromatic N) is 1. The van der Waals surface area contributed by atoms with E-state index in [1.165, 1.54) is 18.2 Å². The molecular weight excluding hydrogens is 395 g/mol. The fourth-order valence-corrected chi connectivity index (χ4v) is 4.29. The van der Waals surface area contributed by atoms with Gasteiger partial charge in [-0.15, -0.1) is 0 Å². The largest absolute Gasteiger partial charge is 0.321 e. The van der Waals surface area contributed by atoms with Crippen LogP contribution in [0.15, 0.2) is 63.1 Å². The van der Waals surface area contributed by atoms with Crippen molar-refractivity contribution in [2.45, 2.75) is 4.90 Å². The Morgan fingerprint density at radius 1 is 1.12 bits per heavy atom. The van der Waals surface area contributed by atoms with Crippen LogP contribution >= 0.6 is 23.2 Å². The molecule has 0 unspecified atom stereocenters. The summed E-state index contributed by atoms with van der Waals surface area (Å²) in [4.78, 5) is 14.0. The highest BCUT2D eigenvalue weighted by Crippen LogP contribution is 2.30. The van der Waals surface area contributed by atoms with Crippen LogP contribution in [0.5, 0.6) is 0 Å². The third kappa shape index (κ3) is 3.37. The Balaban J connectivity index is 2.20. The number of benzene rings is 2. The molecule has 2 aromatic carbocycles. The molecule has 0 radical (unpaired) electrons. The molecule has 8 heteroatoms. The molecule has 0 spiro atoms. The number of aromatic amines is 1. The zero-order valence-electron chi connectivity index (χ0n) is 13.0. The fourth-order valence-electron chi connectivity index (χ4n) is 2.38. The van der Waals surface area contributed by atoms with E-state index in [1.54, 1.807) is 30.3 Å². The number of aromatic nitrogens is 1. The molecule has 3 rings (SSSR count). The Bertz CT molecular complexity index is 1260. The molecule has 1 heterocycles. The van der Waals surface area contributed by atoms with Crippen molar-refractivity contribution in [3.05, 3.63) is 79.4 Å². The van der Waals surface area contributed by atoms with Gasteiger partial charge < -0.3 is 4.98 Å². The molecule has 0 aliphatic carbocycles. The Morgan fingerprint density at radius 3 is 2.58 bits per heavy atom. The van der Waals surface area contributed by atoms with Crippen LogP contribution < -0.4 is 5.56 Å². The van der Waals surface area contributed by atoms with Crippen LogP contribution in [0.4, 0.5) is 0 Å². The van der Waals surface area contributed by atoms with E-state index >= 15 is 0 Å². The summed E-state index contributed by atoms with van der Waals surface area (Å²) in [5.74, 6) is 0. The van der Waals surface area contributed by atoms with Gasteiger partial charge in [0.2, 0.25) is 9.84 Å². The number of sulfone groups is 1. The van der Waals surface area contributed by atoms with E-state index in [0.29, 0.717) is 10.9 Å². The summed E-state index contributed by atoms with van der Waals surface area (Å²) >= 11 is 11.8. The number of para-hydroxylation sites is 1. The first kappa shape index (κ1) is 18.2. The minimum atomic E-state index is -4.24. The quantitative estimate of drug-likeness (QED) is 0.662. The number of fused-ring (bicyclic) bond motifs is 1. The highest BCUT2D eigenvalue weighted by molar-refractivity contribution is 7.95. The average Bonchev–Trinajstić information content (AvgIpc) is 2.61. The van der Waals surface area contributed by atoms with Crippen molar-refractivity contribution in [2.24, 2.45) is 0 Å². The number of rotatable bonds is 3. The Morgan fingerprint density at radius 2 is 1.85 bits per heavy atom. The fraction of sp³-hybridized carbons (Fsp3) is 0. The average molecular weight is 405 g/mol. The summed E-state index contributed by atoms with van der Waals surface area (Å²) in [6.07, 6.45) is 1.03. The number of pyridine rings is 1. The third-order valence-electron chi connectivity index (χ3n) is 3.65. The highest BCUT2D eigenvalue weighted by Gasteiger charge is 2.24. The number of halogens is 2. The predicted molar refractivity (Wildman–Crippen MR) is 102 cm³/mol. The lowest BCUT2D eigenvalue weighted by atomic mass is 10.1. The van der Waals surface area contributed by atoms with Gasteiger partial charge >= 0.3 is 0 Å². The molecule has 0 aliphatic rings. The van der Waals surface area contributed by atoms with Crippen LogP contribution in [-0.4, -0.2) is 13.4 Å². The summed E-state index contributed by atoms with van der Waals surface area (Å²) in [5.41, 5.74) is 0.139. The van der Waals surface area contributed by atoms with Gasteiger partial charge in [0.15, 0.2) is 0 Å². The summed E-state index contributed by atoms with van der Waals surface area (Å²) in [7, 11) is -4.24. The van der Waals surface area contributed by atoms with Crippen molar-refractivity contribution in [3.8, 4) is 6.07 Å². The highest BCUT2D eigenvalue weighted by atomic mass is 35.5. The van der Waals surface area contributed by atoms with Gasteiger partial charge in [-0.1, -0.05) is 41.4 Å². The first-order chi connectivity index (χ1) is 12.3. The predicted octanol–water partition coefficient (Wildman–Crippen LogP) is 4.17. The van der Waals surface area contributed by atoms with E-state index in [1.807, 2.05) is 0 Å². The smallest absolute Gasteiger partial charge is 0.255 e. The normalized spacial score (nSPS) is 12.1. The van der Waals surface area contributed by atoms with Crippen molar-refractivity contribution in [1.82, 2.24) is 4.98 Å².